The summed E-state index contributed by atoms with van der Waals surface area (Å²) < 4.78 is 0. The van der Waals surface area contributed by atoms with Crippen molar-refractivity contribution in [3.63, 3.8) is 0 Å². The van der Waals surface area contributed by atoms with Gasteiger partial charge in [0.1, 0.15) is 5.82 Å². The first-order chi connectivity index (χ1) is 9.25. The van der Waals surface area contributed by atoms with Gasteiger partial charge >= 0.3 is 0 Å². The maximum atomic E-state index is 12.3. The molecule has 1 unspecified atom stereocenters. The Morgan fingerprint density at radius 3 is 3.00 bits per heavy atom. The van der Waals surface area contributed by atoms with Crippen LogP contribution in [0.15, 0.2) is 30.9 Å². The van der Waals surface area contributed by atoms with Crippen molar-refractivity contribution in [2.24, 2.45) is 0 Å². The molecule has 1 aliphatic rings. The smallest absolute Gasteiger partial charge is 0.255 e. The molecule has 1 atom stereocenters. The fraction of sp³-hybridized carbons (Fsp3) is 0.385. The highest BCUT2D eigenvalue weighted by molar-refractivity contribution is 5.94. The van der Waals surface area contributed by atoms with Crippen LogP contribution in [0.4, 0.5) is 0 Å². The number of H-pyrrole nitrogens is 2. The molecule has 0 spiro atoms. The first kappa shape index (κ1) is 12.0. The summed E-state index contributed by atoms with van der Waals surface area (Å²) in [4.78, 5) is 26.8. The Morgan fingerprint density at radius 2 is 2.32 bits per heavy atom. The van der Waals surface area contributed by atoms with Crippen molar-refractivity contribution in [2.75, 3.05) is 26.7 Å². The number of aromatic nitrogens is 3. The molecule has 2 N–H and O–H groups in total. The van der Waals surface area contributed by atoms with Crippen molar-refractivity contribution in [1.29, 1.82) is 0 Å². The number of rotatable bonds is 2. The van der Waals surface area contributed by atoms with Gasteiger partial charge in [-0.1, -0.05) is 0 Å². The van der Waals surface area contributed by atoms with Gasteiger partial charge in [0, 0.05) is 44.4 Å². The average Bonchev–Trinajstić information content (AvgIpc) is 3.12. The lowest BCUT2D eigenvalue weighted by Crippen LogP contribution is -2.49. The molecule has 0 radical (unpaired) electrons. The van der Waals surface area contributed by atoms with Crippen molar-refractivity contribution in [3.05, 3.63) is 42.2 Å². The molecule has 1 saturated heterocycles. The van der Waals surface area contributed by atoms with Crippen LogP contribution >= 0.6 is 0 Å². The minimum absolute atomic E-state index is 0.0749. The largest absolute Gasteiger partial charge is 0.367 e. The molecule has 1 fully saturated rings. The van der Waals surface area contributed by atoms with Gasteiger partial charge in [0.05, 0.1) is 11.6 Å². The number of aromatic amines is 2. The van der Waals surface area contributed by atoms with E-state index in [1.165, 1.54) is 0 Å². The molecule has 3 rings (SSSR count). The highest BCUT2D eigenvalue weighted by Gasteiger charge is 2.30. The molecule has 1 amide bonds. The van der Waals surface area contributed by atoms with Crippen LogP contribution in [0.5, 0.6) is 0 Å². The van der Waals surface area contributed by atoms with Crippen LogP contribution in [0.1, 0.15) is 22.2 Å². The number of carbonyl (C=O) groups excluding carboxylic acids is 1. The second kappa shape index (κ2) is 4.89. The summed E-state index contributed by atoms with van der Waals surface area (Å²) in [6, 6.07) is 1.94. The van der Waals surface area contributed by atoms with Gasteiger partial charge in [-0.15, -0.1) is 0 Å². The molecule has 2 aromatic rings. The molecule has 1 aliphatic heterocycles. The molecule has 6 heteroatoms. The molecule has 0 saturated carbocycles. The summed E-state index contributed by atoms with van der Waals surface area (Å²) >= 11 is 0. The van der Waals surface area contributed by atoms with Crippen molar-refractivity contribution < 1.29 is 4.79 Å². The number of hydrogen-bond acceptors (Lipinski definition) is 3. The molecular formula is C13H17N5O. The van der Waals surface area contributed by atoms with Crippen molar-refractivity contribution in [1.82, 2.24) is 24.8 Å². The van der Waals surface area contributed by atoms with Crippen LogP contribution in [-0.2, 0) is 0 Å². The van der Waals surface area contributed by atoms with E-state index < -0.39 is 0 Å². The first-order valence-electron chi connectivity index (χ1n) is 6.37. The van der Waals surface area contributed by atoms with Gasteiger partial charge in [-0.3, -0.25) is 9.69 Å². The van der Waals surface area contributed by atoms with Crippen LogP contribution in [0, 0.1) is 0 Å². The van der Waals surface area contributed by atoms with E-state index in [9.17, 15) is 4.79 Å². The zero-order valence-electron chi connectivity index (χ0n) is 10.8. The zero-order chi connectivity index (χ0) is 13.2. The Labute approximate surface area is 111 Å². The Morgan fingerprint density at radius 1 is 1.42 bits per heavy atom. The maximum Gasteiger partial charge on any atom is 0.255 e. The number of nitrogens with zero attached hydrogens (tertiary/aromatic N) is 3. The van der Waals surface area contributed by atoms with Gasteiger partial charge in [0.15, 0.2) is 0 Å². The molecule has 2 aromatic heterocycles. The monoisotopic (exact) mass is 259 g/mol. The second-order valence-corrected chi connectivity index (χ2v) is 4.82. The van der Waals surface area contributed by atoms with Gasteiger partial charge < -0.3 is 14.9 Å². The minimum Gasteiger partial charge on any atom is -0.367 e. The van der Waals surface area contributed by atoms with Crippen LogP contribution in [0.3, 0.4) is 0 Å². The van der Waals surface area contributed by atoms with Gasteiger partial charge in [-0.25, -0.2) is 4.98 Å². The lowest BCUT2D eigenvalue weighted by molar-refractivity contribution is 0.0534. The number of piperazine rings is 1. The molecule has 100 valence electrons. The van der Waals surface area contributed by atoms with Gasteiger partial charge in [0.25, 0.3) is 5.91 Å². The van der Waals surface area contributed by atoms with Crippen LogP contribution < -0.4 is 0 Å². The molecule has 0 bridgehead atoms. The molecule has 3 heterocycles. The Kier molecular flexibility index (Phi) is 3.08. The fourth-order valence-corrected chi connectivity index (χ4v) is 2.45. The quantitative estimate of drug-likeness (QED) is 0.840. The number of imidazole rings is 1. The summed E-state index contributed by atoms with van der Waals surface area (Å²) in [5, 5.41) is 0. The summed E-state index contributed by atoms with van der Waals surface area (Å²) in [6.07, 6.45) is 7.07. The third kappa shape index (κ3) is 2.26. The Balaban J connectivity index is 1.77. The number of amides is 1. The summed E-state index contributed by atoms with van der Waals surface area (Å²) in [5.41, 5.74) is 0.711. The van der Waals surface area contributed by atoms with E-state index in [-0.39, 0.29) is 11.9 Å². The van der Waals surface area contributed by atoms with E-state index in [1.54, 1.807) is 18.6 Å². The zero-order valence-corrected chi connectivity index (χ0v) is 10.8. The Hall–Kier alpha value is -2.08. The maximum absolute atomic E-state index is 12.3. The predicted octanol–water partition coefficient (Wildman–Crippen LogP) is 0.867. The number of hydrogen-bond donors (Lipinski definition) is 2. The van der Waals surface area contributed by atoms with Crippen LogP contribution in [0.25, 0.3) is 0 Å². The second-order valence-electron chi connectivity index (χ2n) is 4.82. The topological polar surface area (TPSA) is 68.0 Å². The number of nitrogens with one attached hydrogen (secondary N) is 2. The highest BCUT2D eigenvalue weighted by Crippen LogP contribution is 2.22. The van der Waals surface area contributed by atoms with Crippen molar-refractivity contribution >= 4 is 5.91 Å². The highest BCUT2D eigenvalue weighted by atomic mass is 16.2. The molecule has 0 aliphatic carbocycles. The fourth-order valence-electron chi connectivity index (χ4n) is 2.45. The first-order valence-corrected chi connectivity index (χ1v) is 6.37. The van der Waals surface area contributed by atoms with E-state index in [0.717, 1.165) is 18.9 Å². The molecule has 6 nitrogen and oxygen atoms in total. The van der Waals surface area contributed by atoms with Crippen LogP contribution in [0.2, 0.25) is 0 Å². The van der Waals surface area contributed by atoms with Gasteiger partial charge in [-0.2, -0.15) is 0 Å². The molecular weight excluding hydrogens is 242 g/mol. The lowest BCUT2D eigenvalue weighted by Gasteiger charge is -2.38. The third-order valence-corrected chi connectivity index (χ3v) is 3.62. The lowest BCUT2D eigenvalue weighted by atomic mass is 10.1. The third-order valence-electron chi connectivity index (χ3n) is 3.62. The van der Waals surface area contributed by atoms with E-state index in [1.807, 2.05) is 17.2 Å². The minimum atomic E-state index is 0.0749. The SMILES string of the molecule is CN1CCN(C(=O)c2cc[nH]c2)CC1c1ncc[nH]1. The van der Waals surface area contributed by atoms with E-state index in [2.05, 4.69) is 26.9 Å². The molecule has 0 aromatic carbocycles. The summed E-state index contributed by atoms with van der Waals surface area (Å²) in [7, 11) is 2.06. The van der Waals surface area contributed by atoms with Crippen LogP contribution in [-0.4, -0.2) is 57.3 Å². The summed E-state index contributed by atoms with van der Waals surface area (Å²) in [6.45, 7) is 2.26. The van der Waals surface area contributed by atoms with Crippen molar-refractivity contribution in [3.8, 4) is 0 Å². The van der Waals surface area contributed by atoms with E-state index in [0.29, 0.717) is 12.1 Å². The van der Waals surface area contributed by atoms with Crippen molar-refractivity contribution in [2.45, 2.75) is 6.04 Å². The molecule has 19 heavy (non-hydrogen) atoms. The predicted molar refractivity (Wildman–Crippen MR) is 70.7 cm³/mol. The normalized spacial score (nSPS) is 20.7. The standard InChI is InChI=1S/C13H17N5O/c1-17-6-7-18(13(19)10-2-3-14-8-10)9-11(17)12-15-4-5-16-12/h2-5,8,11,14H,6-7,9H2,1H3,(H,15,16). The number of likely N-dealkylation sites (N-methyl/N-ethyl adjacent to an activating group) is 1. The average molecular weight is 259 g/mol. The van der Waals surface area contributed by atoms with E-state index >= 15 is 0 Å². The van der Waals surface area contributed by atoms with Gasteiger partial charge in [-0.05, 0) is 13.1 Å². The van der Waals surface area contributed by atoms with E-state index in [4.69, 9.17) is 0 Å². The Bertz CT molecular complexity index is 533. The number of carbonyl (C=O) groups is 1. The van der Waals surface area contributed by atoms with Gasteiger partial charge in [0.2, 0.25) is 0 Å². The summed E-state index contributed by atoms with van der Waals surface area (Å²) in [5.74, 6) is 0.986.